The van der Waals surface area contributed by atoms with E-state index in [9.17, 15) is 9.18 Å². The van der Waals surface area contributed by atoms with Crippen LogP contribution >= 0.6 is 22.6 Å². The number of nitrogens with zero attached hydrogens (tertiary/aromatic N) is 1. The molecule has 1 fully saturated rings. The topological polar surface area (TPSA) is 20.3 Å². The maximum absolute atomic E-state index is 13.0. The molecule has 1 saturated heterocycles. The Labute approximate surface area is 95.2 Å². The Bertz CT molecular complexity index is 356. The largest absolute Gasteiger partial charge is 0.339 e. The molecule has 1 heterocycles. The maximum atomic E-state index is 13.0. The molecule has 1 aliphatic heterocycles. The van der Waals surface area contributed by atoms with E-state index < -0.39 is 0 Å². The van der Waals surface area contributed by atoms with Gasteiger partial charge in [-0.2, -0.15) is 0 Å². The van der Waals surface area contributed by atoms with Crippen LogP contribution in [-0.4, -0.2) is 23.9 Å². The van der Waals surface area contributed by atoms with E-state index in [0.29, 0.717) is 5.56 Å². The van der Waals surface area contributed by atoms with Gasteiger partial charge in [-0.25, -0.2) is 4.39 Å². The molecule has 0 aromatic heterocycles. The lowest BCUT2D eigenvalue weighted by Gasteiger charge is -2.30. The van der Waals surface area contributed by atoms with Crippen molar-refractivity contribution in [1.29, 1.82) is 0 Å². The summed E-state index contributed by atoms with van der Waals surface area (Å²) in [6.07, 6.45) is 1.05. The fourth-order valence-corrected chi connectivity index (χ4v) is 2.01. The molecule has 0 N–H and O–H groups in total. The number of benzene rings is 1. The Morgan fingerprint density at radius 1 is 1.36 bits per heavy atom. The number of carbonyl (C=O) groups is 1. The third kappa shape index (κ3) is 1.89. The van der Waals surface area contributed by atoms with Crippen molar-refractivity contribution in [3.05, 3.63) is 33.1 Å². The summed E-state index contributed by atoms with van der Waals surface area (Å²) in [7, 11) is 0. The molecule has 14 heavy (non-hydrogen) atoms. The highest BCUT2D eigenvalue weighted by atomic mass is 127. The van der Waals surface area contributed by atoms with Crippen molar-refractivity contribution in [3.8, 4) is 0 Å². The number of rotatable bonds is 1. The number of carbonyl (C=O) groups excluding carboxylic acids is 1. The quantitative estimate of drug-likeness (QED) is 0.729. The van der Waals surface area contributed by atoms with Crippen molar-refractivity contribution >= 4 is 28.5 Å². The van der Waals surface area contributed by atoms with E-state index >= 15 is 0 Å². The molecule has 1 aromatic rings. The lowest BCUT2D eigenvalue weighted by molar-refractivity contribution is 0.0651. The van der Waals surface area contributed by atoms with Crippen LogP contribution in [0.1, 0.15) is 16.8 Å². The summed E-state index contributed by atoms with van der Waals surface area (Å²) in [5, 5.41) is 0. The second kappa shape index (κ2) is 3.84. The summed E-state index contributed by atoms with van der Waals surface area (Å²) in [6.45, 7) is 1.60. The van der Waals surface area contributed by atoms with Gasteiger partial charge in [0.1, 0.15) is 5.82 Å². The van der Waals surface area contributed by atoms with Crippen molar-refractivity contribution in [1.82, 2.24) is 4.90 Å². The van der Waals surface area contributed by atoms with Crippen LogP contribution in [0.15, 0.2) is 18.2 Å². The van der Waals surface area contributed by atoms with Crippen molar-refractivity contribution in [3.63, 3.8) is 0 Å². The van der Waals surface area contributed by atoms with Crippen LogP contribution in [0.4, 0.5) is 4.39 Å². The minimum Gasteiger partial charge on any atom is -0.339 e. The average molecular weight is 305 g/mol. The number of hydrogen-bond acceptors (Lipinski definition) is 1. The molecule has 0 radical (unpaired) electrons. The molecule has 0 saturated carbocycles. The molecule has 0 unspecified atom stereocenters. The van der Waals surface area contributed by atoms with Crippen LogP contribution in [0.3, 0.4) is 0 Å². The van der Waals surface area contributed by atoms with Gasteiger partial charge in [0, 0.05) is 22.2 Å². The number of halogens is 2. The lowest BCUT2D eigenvalue weighted by Crippen LogP contribution is -2.42. The molecule has 1 amide bonds. The van der Waals surface area contributed by atoms with Gasteiger partial charge < -0.3 is 4.90 Å². The average Bonchev–Trinajstić information content (AvgIpc) is 1.98. The molecule has 4 heteroatoms. The van der Waals surface area contributed by atoms with Crippen molar-refractivity contribution in [2.24, 2.45) is 0 Å². The van der Waals surface area contributed by atoms with E-state index in [2.05, 4.69) is 0 Å². The first-order chi connectivity index (χ1) is 6.66. The van der Waals surface area contributed by atoms with Gasteiger partial charge in [-0.15, -0.1) is 0 Å². The van der Waals surface area contributed by atoms with Crippen LogP contribution < -0.4 is 0 Å². The molecule has 1 aromatic carbocycles. The predicted molar refractivity (Wildman–Crippen MR) is 59.6 cm³/mol. The van der Waals surface area contributed by atoms with Crippen LogP contribution in [-0.2, 0) is 0 Å². The van der Waals surface area contributed by atoms with Gasteiger partial charge in [0.05, 0.1) is 0 Å². The Balaban J connectivity index is 2.26. The molecule has 0 atom stereocenters. The van der Waals surface area contributed by atoms with E-state index in [4.69, 9.17) is 0 Å². The second-order valence-corrected chi connectivity index (χ2v) is 4.55. The normalized spacial score (nSPS) is 15.1. The zero-order valence-electron chi connectivity index (χ0n) is 7.46. The minimum atomic E-state index is -0.347. The van der Waals surface area contributed by atoms with Gasteiger partial charge in [0.15, 0.2) is 0 Å². The summed E-state index contributed by atoms with van der Waals surface area (Å²) in [5.74, 6) is -0.408. The van der Waals surface area contributed by atoms with Gasteiger partial charge in [0.2, 0.25) is 0 Å². The van der Waals surface area contributed by atoms with Crippen molar-refractivity contribution in [2.45, 2.75) is 6.42 Å². The van der Waals surface area contributed by atoms with Crippen molar-refractivity contribution in [2.75, 3.05) is 13.1 Å². The number of likely N-dealkylation sites (tertiary alicyclic amines) is 1. The highest BCUT2D eigenvalue weighted by molar-refractivity contribution is 14.1. The summed E-state index contributed by atoms with van der Waals surface area (Å²) in [4.78, 5) is 13.4. The number of hydrogen-bond donors (Lipinski definition) is 0. The van der Waals surface area contributed by atoms with Crippen LogP contribution in [0.5, 0.6) is 0 Å². The Morgan fingerprint density at radius 3 is 2.57 bits per heavy atom. The molecule has 2 nitrogen and oxygen atoms in total. The second-order valence-electron chi connectivity index (χ2n) is 3.30. The van der Waals surface area contributed by atoms with Gasteiger partial charge in [0.25, 0.3) is 5.91 Å². The molecular weight excluding hydrogens is 296 g/mol. The monoisotopic (exact) mass is 305 g/mol. The molecule has 74 valence electrons. The summed E-state index contributed by atoms with van der Waals surface area (Å²) in [5.41, 5.74) is 0.453. The smallest absolute Gasteiger partial charge is 0.253 e. The molecule has 1 aliphatic rings. The summed E-state index contributed by atoms with van der Waals surface area (Å²) >= 11 is 2.01. The highest BCUT2D eigenvalue weighted by Crippen LogP contribution is 2.16. The SMILES string of the molecule is O=C(c1cc(F)cc(I)c1)N1CCC1. The lowest BCUT2D eigenvalue weighted by atomic mass is 10.1. The van der Waals surface area contributed by atoms with E-state index in [1.807, 2.05) is 22.6 Å². The van der Waals surface area contributed by atoms with E-state index in [1.165, 1.54) is 12.1 Å². The molecule has 0 bridgehead atoms. The van der Waals surface area contributed by atoms with Gasteiger partial charge in [-0.05, 0) is 47.2 Å². The first-order valence-corrected chi connectivity index (χ1v) is 5.50. The standard InChI is InChI=1S/C10H9FINO/c11-8-4-7(5-9(12)6-8)10(14)13-2-1-3-13/h4-6H,1-3H2. The highest BCUT2D eigenvalue weighted by Gasteiger charge is 2.21. The number of amides is 1. The van der Waals surface area contributed by atoms with Gasteiger partial charge in [-0.3, -0.25) is 4.79 Å². The van der Waals surface area contributed by atoms with E-state index in [-0.39, 0.29) is 11.7 Å². The first-order valence-electron chi connectivity index (χ1n) is 4.42. The van der Waals surface area contributed by atoms with Gasteiger partial charge in [-0.1, -0.05) is 0 Å². The Morgan fingerprint density at radius 2 is 2.07 bits per heavy atom. The fraction of sp³-hybridized carbons (Fsp3) is 0.300. The predicted octanol–water partition coefficient (Wildman–Crippen LogP) is 2.28. The summed E-state index contributed by atoms with van der Waals surface area (Å²) < 4.78 is 13.8. The third-order valence-electron chi connectivity index (χ3n) is 2.25. The first kappa shape index (κ1) is 9.89. The Hall–Kier alpha value is -0.650. The molecule has 0 spiro atoms. The minimum absolute atomic E-state index is 0.0614. The molecular formula is C10H9FINO. The molecule has 0 aliphatic carbocycles. The summed E-state index contributed by atoms with van der Waals surface area (Å²) in [6, 6.07) is 4.42. The van der Waals surface area contributed by atoms with Crippen molar-refractivity contribution < 1.29 is 9.18 Å². The zero-order valence-corrected chi connectivity index (χ0v) is 9.62. The van der Waals surface area contributed by atoms with E-state index in [0.717, 1.165) is 23.1 Å². The van der Waals surface area contributed by atoms with Crippen LogP contribution in [0, 0.1) is 9.39 Å². The van der Waals surface area contributed by atoms with Crippen LogP contribution in [0.2, 0.25) is 0 Å². The zero-order chi connectivity index (χ0) is 10.1. The fourth-order valence-electron chi connectivity index (χ4n) is 1.38. The maximum Gasteiger partial charge on any atom is 0.253 e. The van der Waals surface area contributed by atoms with Crippen LogP contribution in [0.25, 0.3) is 0 Å². The third-order valence-corrected chi connectivity index (χ3v) is 2.88. The molecule has 2 rings (SSSR count). The van der Waals surface area contributed by atoms with E-state index in [1.54, 1.807) is 11.0 Å². The Kier molecular flexibility index (Phi) is 2.71. The van der Waals surface area contributed by atoms with Gasteiger partial charge >= 0.3 is 0 Å².